The normalized spacial score (nSPS) is 12.0. The van der Waals surface area contributed by atoms with Gasteiger partial charge in [-0.15, -0.1) is 0 Å². The molecule has 0 bridgehead atoms. The van der Waals surface area contributed by atoms with E-state index in [1.54, 1.807) is 31.3 Å². The lowest BCUT2D eigenvalue weighted by Crippen LogP contribution is -2.43. The predicted octanol–water partition coefficient (Wildman–Crippen LogP) is 2.05. The van der Waals surface area contributed by atoms with Crippen LogP contribution in [-0.2, 0) is 11.4 Å². The number of nitrogens with zero attached hydrogens (tertiary/aromatic N) is 2. The highest BCUT2D eigenvalue weighted by molar-refractivity contribution is 6.31. The smallest absolute Gasteiger partial charge is 0.328 e. The fourth-order valence-corrected chi connectivity index (χ4v) is 2.90. The number of amides is 1. The number of rotatable bonds is 7. The van der Waals surface area contributed by atoms with Crippen LogP contribution in [0.4, 0.5) is 0 Å². The molecule has 2 heterocycles. The molecule has 3 rings (SSSR count). The summed E-state index contributed by atoms with van der Waals surface area (Å²) in [6.45, 7) is 1.17. The first-order valence-corrected chi connectivity index (χ1v) is 8.78. The SMILES string of the molecule is Cc1nn2ccc(OCc3ccccc3Cl)cc2c1C(=O)NC(CO)C(=O)O. The molecule has 0 spiro atoms. The van der Waals surface area contributed by atoms with Crippen molar-refractivity contribution in [1.29, 1.82) is 0 Å². The number of benzene rings is 1. The van der Waals surface area contributed by atoms with Crippen LogP contribution in [0.1, 0.15) is 21.6 Å². The van der Waals surface area contributed by atoms with Crippen LogP contribution in [0, 0.1) is 6.92 Å². The molecule has 3 aromatic rings. The van der Waals surface area contributed by atoms with Gasteiger partial charge in [-0.1, -0.05) is 29.8 Å². The molecular weight excluding hydrogens is 386 g/mol. The first-order valence-electron chi connectivity index (χ1n) is 8.40. The number of ether oxygens (including phenoxy) is 1. The largest absolute Gasteiger partial charge is 0.489 e. The second kappa shape index (κ2) is 8.28. The lowest BCUT2D eigenvalue weighted by Gasteiger charge is -2.12. The minimum absolute atomic E-state index is 0.211. The maximum atomic E-state index is 12.6. The van der Waals surface area contributed by atoms with E-state index in [-0.39, 0.29) is 12.2 Å². The molecule has 8 nitrogen and oxygen atoms in total. The Labute approximate surface area is 165 Å². The first kappa shape index (κ1) is 19.7. The van der Waals surface area contributed by atoms with E-state index in [4.69, 9.17) is 26.6 Å². The number of aliphatic hydroxyl groups is 1. The molecule has 28 heavy (non-hydrogen) atoms. The zero-order valence-corrected chi connectivity index (χ0v) is 15.7. The van der Waals surface area contributed by atoms with Crippen LogP contribution in [0.5, 0.6) is 5.75 Å². The Balaban J connectivity index is 1.86. The van der Waals surface area contributed by atoms with Crippen molar-refractivity contribution in [3.8, 4) is 5.75 Å². The number of hydrogen-bond acceptors (Lipinski definition) is 5. The lowest BCUT2D eigenvalue weighted by molar-refractivity contribution is -0.140. The molecule has 146 valence electrons. The summed E-state index contributed by atoms with van der Waals surface area (Å²) in [5.74, 6) is -1.47. The Morgan fingerprint density at radius 2 is 2.07 bits per heavy atom. The molecule has 0 fully saturated rings. The van der Waals surface area contributed by atoms with E-state index < -0.39 is 24.5 Å². The molecule has 1 aromatic carbocycles. The summed E-state index contributed by atoms with van der Waals surface area (Å²) >= 11 is 6.13. The monoisotopic (exact) mass is 403 g/mol. The molecule has 0 aliphatic heterocycles. The number of carboxylic acid groups (broad SMARTS) is 1. The van der Waals surface area contributed by atoms with Crippen molar-refractivity contribution in [2.75, 3.05) is 6.61 Å². The van der Waals surface area contributed by atoms with E-state index in [9.17, 15) is 9.59 Å². The Hall–Kier alpha value is -3.10. The van der Waals surface area contributed by atoms with Gasteiger partial charge in [0.1, 0.15) is 12.4 Å². The number of aliphatic hydroxyl groups excluding tert-OH is 1. The van der Waals surface area contributed by atoms with Crippen LogP contribution in [0.2, 0.25) is 5.02 Å². The van der Waals surface area contributed by atoms with Crippen molar-refractivity contribution in [3.63, 3.8) is 0 Å². The third-order valence-electron chi connectivity index (χ3n) is 4.15. The molecule has 0 saturated carbocycles. The standard InChI is InChI=1S/C19H18ClN3O5/c1-11-17(18(25)21-15(9-24)19(26)27)16-8-13(6-7-23(16)22-11)28-10-12-4-2-3-5-14(12)20/h2-8,15,24H,9-10H2,1H3,(H,21,25)(H,26,27). The average Bonchev–Trinajstić information content (AvgIpc) is 3.00. The Bertz CT molecular complexity index is 1030. The summed E-state index contributed by atoms with van der Waals surface area (Å²) in [6, 6.07) is 9.24. The number of halogens is 1. The van der Waals surface area contributed by atoms with Gasteiger partial charge in [0.05, 0.1) is 23.4 Å². The Morgan fingerprint density at radius 1 is 1.32 bits per heavy atom. The Morgan fingerprint density at radius 3 is 2.75 bits per heavy atom. The summed E-state index contributed by atoms with van der Waals surface area (Å²) in [7, 11) is 0. The van der Waals surface area contributed by atoms with Gasteiger partial charge in [0.15, 0.2) is 6.04 Å². The zero-order valence-electron chi connectivity index (χ0n) is 14.9. The van der Waals surface area contributed by atoms with E-state index >= 15 is 0 Å². The van der Waals surface area contributed by atoms with Crippen molar-refractivity contribution in [2.45, 2.75) is 19.6 Å². The quantitative estimate of drug-likeness (QED) is 0.556. The number of carbonyl (C=O) groups is 2. The summed E-state index contributed by atoms with van der Waals surface area (Å²) in [6.07, 6.45) is 1.64. The average molecular weight is 404 g/mol. The van der Waals surface area contributed by atoms with Gasteiger partial charge < -0.3 is 20.3 Å². The number of aromatic nitrogens is 2. The highest BCUT2D eigenvalue weighted by Crippen LogP contribution is 2.23. The molecule has 0 saturated heterocycles. The topological polar surface area (TPSA) is 113 Å². The number of hydrogen-bond donors (Lipinski definition) is 3. The van der Waals surface area contributed by atoms with E-state index in [1.807, 2.05) is 18.2 Å². The summed E-state index contributed by atoms with van der Waals surface area (Å²) in [4.78, 5) is 23.6. The zero-order chi connectivity index (χ0) is 20.3. The lowest BCUT2D eigenvalue weighted by atomic mass is 10.1. The summed E-state index contributed by atoms with van der Waals surface area (Å²) in [5, 5.41) is 25.3. The van der Waals surface area contributed by atoms with Gasteiger partial charge in [0, 0.05) is 22.8 Å². The van der Waals surface area contributed by atoms with Gasteiger partial charge in [0.25, 0.3) is 5.91 Å². The van der Waals surface area contributed by atoms with Crippen molar-refractivity contribution in [2.24, 2.45) is 0 Å². The number of nitrogens with one attached hydrogen (secondary N) is 1. The van der Waals surface area contributed by atoms with Gasteiger partial charge >= 0.3 is 5.97 Å². The van der Waals surface area contributed by atoms with Crippen molar-refractivity contribution in [1.82, 2.24) is 14.9 Å². The molecular formula is C19H18ClN3O5. The first-order chi connectivity index (χ1) is 13.4. The third-order valence-corrected chi connectivity index (χ3v) is 4.52. The number of carboxylic acids is 1. The number of carbonyl (C=O) groups excluding carboxylic acids is 1. The fourth-order valence-electron chi connectivity index (χ4n) is 2.71. The maximum Gasteiger partial charge on any atom is 0.328 e. The number of aliphatic carboxylic acids is 1. The van der Waals surface area contributed by atoms with Crippen molar-refractivity contribution in [3.05, 3.63) is 64.4 Å². The van der Waals surface area contributed by atoms with E-state index in [2.05, 4.69) is 10.4 Å². The minimum Gasteiger partial charge on any atom is -0.489 e. The number of aryl methyl sites for hydroxylation is 1. The minimum atomic E-state index is -1.40. The molecule has 0 aliphatic rings. The molecule has 2 aromatic heterocycles. The second-order valence-corrected chi connectivity index (χ2v) is 6.49. The molecule has 1 atom stereocenters. The van der Waals surface area contributed by atoms with Crippen LogP contribution in [0.15, 0.2) is 42.6 Å². The van der Waals surface area contributed by atoms with Crippen LogP contribution >= 0.6 is 11.6 Å². The molecule has 3 N–H and O–H groups in total. The predicted molar refractivity (Wildman–Crippen MR) is 102 cm³/mol. The Kier molecular flexibility index (Phi) is 5.81. The molecule has 1 amide bonds. The summed E-state index contributed by atoms with van der Waals surface area (Å²) in [5.41, 5.74) is 1.90. The molecule has 1 unspecified atom stereocenters. The fraction of sp³-hybridized carbons (Fsp3) is 0.211. The van der Waals surface area contributed by atoms with Crippen LogP contribution in [0.25, 0.3) is 5.52 Å². The van der Waals surface area contributed by atoms with Crippen LogP contribution in [0.3, 0.4) is 0 Å². The van der Waals surface area contributed by atoms with E-state index in [0.717, 1.165) is 5.56 Å². The van der Waals surface area contributed by atoms with Gasteiger partial charge in [-0.3, -0.25) is 4.79 Å². The van der Waals surface area contributed by atoms with Crippen molar-refractivity contribution >= 4 is 29.0 Å². The third kappa shape index (κ3) is 4.08. The molecule has 9 heteroatoms. The highest BCUT2D eigenvalue weighted by Gasteiger charge is 2.24. The number of pyridine rings is 1. The van der Waals surface area contributed by atoms with Crippen LogP contribution in [-0.4, -0.2) is 44.4 Å². The van der Waals surface area contributed by atoms with E-state index in [1.165, 1.54) is 4.52 Å². The van der Waals surface area contributed by atoms with Crippen molar-refractivity contribution < 1.29 is 24.5 Å². The molecule has 0 radical (unpaired) electrons. The van der Waals surface area contributed by atoms with E-state index in [0.29, 0.717) is 22.0 Å². The van der Waals surface area contributed by atoms with Crippen LogP contribution < -0.4 is 10.1 Å². The summed E-state index contributed by atoms with van der Waals surface area (Å²) < 4.78 is 7.28. The maximum absolute atomic E-state index is 12.6. The van der Waals surface area contributed by atoms with Gasteiger partial charge in [-0.2, -0.15) is 5.10 Å². The van der Waals surface area contributed by atoms with Gasteiger partial charge in [0.2, 0.25) is 0 Å². The second-order valence-electron chi connectivity index (χ2n) is 6.08. The number of fused-ring (bicyclic) bond motifs is 1. The molecule has 0 aliphatic carbocycles. The van der Waals surface area contributed by atoms with Gasteiger partial charge in [-0.05, 0) is 19.1 Å². The highest BCUT2D eigenvalue weighted by atomic mass is 35.5. The van der Waals surface area contributed by atoms with Gasteiger partial charge in [-0.25, -0.2) is 9.31 Å².